The molecule has 5 nitrogen and oxygen atoms in total. The van der Waals surface area contributed by atoms with Gasteiger partial charge in [0.2, 0.25) is 5.91 Å². The predicted molar refractivity (Wildman–Crippen MR) is 103 cm³/mol. The van der Waals surface area contributed by atoms with Gasteiger partial charge >= 0.3 is 0 Å². The van der Waals surface area contributed by atoms with Crippen molar-refractivity contribution in [3.63, 3.8) is 0 Å². The van der Waals surface area contributed by atoms with Crippen molar-refractivity contribution >= 4 is 5.91 Å². The summed E-state index contributed by atoms with van der Waals surface area (Å²) in [4.78, 5) is 28.0. The van der Waals surface area contributed by atoms with Gasteiger partial charge in [0.25, 0.3) is 0 Å². The third kappa shape index (κ3) is 4.19. The van der Waals surface area contributed by atoms with Crippen molar-refractivity contribution in [3.05, 3.63) is 78.1 Å². The summed E-state index contributed by atoms with van der Waals surface area (Å²) in [6.45, 7) is 2.95. The van der Waals surface area contributed by atoms with E-state index in [0.717, 1.165) is 35.2 Å². The van der Waals surface area contributed by atoms with E-state index in [1.807, 2.05) is 48.4 Å². The van der Waals surface area contributed by atoms with E-state index in [1.165, 1.54) is 0 Å². The largest absolute Gasteiger partial charge is 0.332 e. The smallest absolute Gasteiger partial charge is 0.226 e. The summed E-state index contributed by atoms with van der Waals surface area (Å²) in [5.41, 5.74) is 3.96. The van der Waals surface area contributed by atoms with Crippen LogP contribution in [-0.4, -0.2) is 25.8 Å². The number of rotatable bonds is 6. The molecule has 27 heavy (non-hydrogen) atoms. The number of carbonyl (C=O) groups is 1. The van der Waals surface area contributed by atoms with Crippen LogP contribution < -0.4 is 0 Å². The van der Waals surface area contributed by atoms with Crippen molar-refractivity contribution in [1.82, 2.24) is 19.9 Å². The summed E-state index contributed by atoms with van der Waals surface area (Å²) < 4.78 is 0. The SMILES string of the molecule is Cc1ncc(-c2ccncc2)c(CN(Cc2ccccc2)C(=O)C2CC2)n1. The Morgan fingerprint density at radius 3 is 2.52 bits per heavy atom. The van der Waals surface area contributed by atoms with E-state index < -0.39 is 0 Å². The van der Waals surface area contributed by atoms with Crippen molar-refractivity contribution < 1.29 is 4.79 Å². The Hall–Kier alpha value is -3.08. The number of aryl methyl sites for hydroxylation is 1. The van der Waals surface area contributed by atoms with Crippen LogP contribution in [0.15, 0.2) is 61.1 Å². The van der Waals surface area contributed by atoms with Gasteiger partial charge in [-0.2, -0.15) is 0 Å². The summed E-state index contributed by atoms with van der Waals surface area (Å²) in [6, 6.07) is 14.0. The van der Waals surface area contributed by atoms with Crippen molar-refractivity contribution in [2.75, 3.05) is 0 Å². The molecule has 1 fully saturated rings. The Labute approximate surface area is 159 Å². The van der Waals surface area contributed by atoms with E-state index in [4.69, 9.17) is 0 Å². The highest BCUT2D eigenvalue weighted by Crippen LogP contribution is 2.32. The zero-order valence-corrected chi connectivity index (χ0v) is 15.4. The molecule has 1 saturated carbocycles. The van der Waals surface area contributed by atoms with Gasteiger partial charge in [-0.15, -0.1) is 0 Å². The molecule has 1 amide bonds. The minimum atomic E-state index is 0.168. The van der Waals surface area contributed by atoms with E-state index in [9.17, 15) is 4.79 Å². The lowest BCUT2D eigenvalue weighted by molar-refractivity contribution is -0.133. The molecule has 0 radical (unpaired) electrons. The second-order valence-corrected chi connectivity index (χ2v) is 6.97. The molecule has 0 atom stereocenters. The monoisotopic (exact) mass is 358 g/mol. The molecule has 0 N–H and O–H groups in total. The van der Waals surface area contributed by atoms with Crippen molar-refractivity contribution in [2.24, 2.45) is 5.92 Å². The zero-order valence-electron chi connectivity index (χ0n) is 15.4. The lowest BCUT2D eigenvalue weighted by atomic mass is 10.1. The molecule has 1 aliphatic carbocycles. The number of benzene rings is 1. The molecule has 4 rings (SSSR count). The predicted octanol–water partition coefficient (Wildman–Crippen LogP) is 3.79. The fourth-order valence-corrected chi connectivity index (χ4v) is 3.19. The number of pyridine rings is 1. The Kier molecular flexibility index (Phi) is 4.92. The molecule has 0 aliphatic heterocycles. The van der Waals surface area contributed by atoms with Gasteiger partial charge in [-0.05, 0) is 43.0 Å². The number of hydrogen-bond donors (Lipinski definition) is 0. The molecule has 0 spiro atoms. The molecule has 2 heterocycles. The van der Waals surface area contributed by atoms with Crippen LogP contribution in [0.2, 0.25) is 0 Å². The minimum absolute atomic E-state index is 0.168. The van der Waals surface area contributed by atoms with Crippen molar-refractivity contribution in [3.8, 4) is 11.1 Å². The molecule has 0 unspecified atom stereocenters. The van der Waals surface area contributed by atoms with Crippen LogP contribution in [0.25, 0.3) is 11.1 Å². The Morgan fingerprint density at radius 2 is 1.81 bits per heavy atom. The number of hydrogen-bond acceptors (Lipinski definition) is 4. The first-order valence-corrected chi connectivity index (χ1v) is 9.26. The van der Waals surface area contributed by atoms with Crippen LogP contribution in [0.5, 0.6) is 0 Å². The Balaban J connectivity index is 1.66. The highest BCUT2D eigenvalue weighted by atomic mass is 16.2. The maximum Gasteiger partial charge on any atom is 0.226 e. The average molecular weight is 358 g/mol. The van der Waals surface area contributed by atoms with Gasteiger partial charge in [-0.3, -0.25) is 9.78 Å². The van der Waals surface area contributed by atoms with E-state index >= 15 is 0 Å². The molecular weight excluding hydrogens is 336 g/mol. The highest BCUT2D eigenvalue weighted by molar-refractivity contribution is 5.81. The summed E-state index contributed by atoms with van der Waals surface area (Å²) in [5, 5.41) is 0. The quantitative estimate of drug-likeness (QED) is 0.673. The molecular formula is C22H22N4O. The normalized spacial score (nSPS) is 13.4. The molecule has 3 aromatic rings. The van der Waals surface area contributed by atoms with Gasteiger partial charge in [-0.1, -0.05) is 30.3 Å². The molecule has 1 aliphatic rings. The third-order valence-electron chi connectivity index (χ3n) is 4.77. The van der Waals surface area contributed by atoms with E-state index in [0.29, 0.717) is 18.9 Å². The van der Waals surface area contributed by atoms with Crippen LogP contribution in [0.3, 0.4) is 0 Å². The first-order chi connectivity index (χ1) is 13.2. The van der Waals surface area contributed by atoms with Crippen LogP contribution >= 0.6 is 0 Å². The first-order valence-electron chi connectivity index (χ1n) is 9.26. The topological polar surface area (TPSA) is 59.0 Å². The van der Waals surface area contributed by atoms with Gasteiger partial charge in [0.05, 0.1) is 12.2 Å². The fourth-order valence-electron chi connectivity index (χ4n) is 3.19. The maximum absolute atomic E-state index is 12.9. The molecule has 0 saturated heterocycles. The number of amides is 1. The van der Waals surface area contributed by atoms with Gasteiger partial charge in [0, 0.05) is 36.6 Å². The van der Waals surface area contributed by atoms with Gasteiger partial charge in [-0.25, -0.2) is 9.97 Å². The maximum atomic E-state index is 12.9. The fraction of sp³-hybridized carbons (Fsp3) is 0.273. The van der Waals surface area contributed by atoms with E-state index in [2.05, 4.69) is 27.1 Å². The van der Waals surface area contributed by atoms with Crippen LogP contribution in [0.1, 0.15) is 29.9 Å². The van der Waals surface area contributed by atoms with Gasteiger partial charge in [0.1, 0.15) is 5.82 Å². The highest BCUT2D eigenvalue weighted by Gasteiger charge is 2.34. The second-order valence-electron chi connectivity index (χ2n) is 6.97. The number of nitrogens with zero attached hydrogens (tertiary/aromatic N) is 4. The molecule has 136 valence electrons. The van der Waals surface area contributed by atoms with Crippen LogP contribution in [0, 0.1) is 12.8 Å². The van der Waals surface area contributed by atoms with Gasteiger partial charge in [0.15, 0.2) is 0 Å². The van der Waals surface area contributed by atoms with Crippen LogP contribution in [0.4, 0.5) is 0 Å². The molecule has 0 bridgehead atoms. The lowest BCUT2D eigenvalue weighted by Gasteiger charge is -2.24. The summed E-state index contributed by atoms with van der Waals surface area (Å²) in [6.07, 6.45) is 7.34. The second kappa shape index (κ2) is 7.66. The zero-order chi connectivity index (χ0) is 18.6. The first kappa shape index (κ1) is 17.3. The summed E-state index contributed by atoms with van der Waals surface area (Å²) in [7, 11) is 0. The van der Waals surface area contributed by atoms with Gasteiger partial charge < -0.3 is 4.90 Å². The molecule has 1 aromatic carbocycles. The summed E-state index contributed by atoms with van der Waals surface area (Å²) in [5.74, 6) is 1.10. The third-order valence-corrected chi connectivity index (χ3v) is 4.77. The Morgan fingerprint density at radius 1 is 1.07 bits per heavy atom. The Bertz CT molecular complexity index is 924. The standard InChI is InChI=1S/C22H22N4O/c1-16-24-13-20(18-9-11-23-12-10-18)21(25-16)15-26(22(27)19-7-8-19)14-17-5-3-2-4-6-17/h2-6,9-13,19H,7-8,14-15H2,1H3. The number of aromatic nitrogens is 3. The average Bonchev–Trinajstić information content (AvgIpc) is 3.54. The van der Waals surface area contributed by atoms with Crippen LogP contribution in [-0.2, 0) is 17.9 Å². The number of carbonyl (C=O) groups excluding carboxylic acids is 1. The molecule has 2 aromatic heterocycles. The van der Waals surface area contributed by atoms with E-state index in [-0.39, 0.29) is 11.8 Å². The lowest BCUT2D eigenvalue weighted by Crippen LogP contribution is -2.32. The van der Waals surface area contributed by atoms with Crippen molar-refractivity contribution in [1.29, 1.82) is 0 Å². The van der Waals surface area contributed by atoms with Crippen molar-refractivity contribution in [2.45, 2.75) is 32.9 Å². The van der Waals surface area contributed by atoms with E-state index in [1.54, 1.807) is 12.4 Å². The minimum Gasteiger partial charge on any atom is -0.332 e. The molecule has 5 heteroatoms. The summed E-state index contributed by atoms with van der Waals surface area (Å²) >= 11 is 0.